The Morgan fingerprint density at radius 2 is 1.28 bits per heavy atom. The summed E-state index contributed by atoms with van der Waals surface area (Å²) in [5.41, 5.74) is 9.09. The SMILES string of the molecule is [C-]#[N+]c1ccc2c(c1)c1cc(C#N)ccc1n2-c1ccc2oc3cccc(-n4c5ccccc5c5ccccc54)c3c2c1. The van der Waals surface area contributed by atoms with Gasteiger partial charge in [0, 0.05) is 27.2 Å². The summed E-state index contributed by atoms with van der Waals surface area (Å²) in [7, 11) is 0. The number of para-hydroxylation sites is 2. The predicted octanol–water partition coefficient (Wildman–Crippen LogP) is 10.2. The minimum absolute atomic E-state index is 0.570. The van der Waals surface area contributed by atoms with E-state index >= 15 is 0 Å². The Labute approximate surface area is 245 Å². The topological polar surface area (TPSA) is 51.1 Å². The molecule has 0 spiro atoms. The summed E-state index contributed by atoms with van der Waals surface area (Å²) < 4.78 is 11.0. The van der Waals surface area contributed by atoms with E-state index in [2.05, 4.69) is 92.8 Å². The van der Waals surface area contributed by atoms with Crippen LogP contribution >= 0.6 is 0 Å². The largest absolute Gasteiger partial charge is 0.456 e. The molecular formula is C38H20N4O. The molecule has 0 saturated heterocycles. The van der Waals surface area contributed by atoms with E-state index in [0.717, 1.165) is 66.2 Å². The smallest absolute Gasteiger partial charge is 0.188 e. The molecule has 0 aliphatic carbocycles. The van der Waals surface area contributed by atoms with Crippen LogP contribution in [-0.2, 0) is 0 Å². The van der Waals surface area contributed by atoms with E-state index in [1.54, 1.807) is 0 Å². The summed E-state index contributed by atoms with van der Waals surface area (Å²) in [5, 5.41) is 16.0. The average molecular weight is 549 g/mol. The monoisotopic (exact) mass is 548 g/mol. The lowest BCUT2D eigenvalue weighted by atomic mass is 10.1. The standard InChI is InChI=1S/C38H20N4O/c1-40-24-14-17-34-29(20-24)28-19-23(22-39)13-16-33(28)41(34)25-15-18-36-30(21-25)38-35(11-6-12-37(38)43-36)42-31-9-4-2-7-26(31)27-8-3-5-10-32(27)42/h2-21H. The number of hydrogen-bond donors (Lipinski definition) is 0. The number of rotatable bonds is 2. The van der Waals surface area contributed by atoms with Crippen molar-refractivity contribution in [3.63, 3.8) is 0 Å². The molecule has 198 valence electrons. The molecule has 9 rings (SSSR count). The van der Waals surface area contributed by atoms with Crippen LogP contribution in [0.3, 0.4) is 0 Å². The van der Waals surface area contributed by atoms with Crippen molar-refractivity contribution in [2.24, 2.45) is 0 Å². The van der Waals surface area contributed by atoms with Crippen LogP contribution < -0.4 is 0 Å². The van der Waals surface area contributed by atoms with E-state index < -0.39 is 0 Å². The van der Waals surface area contributed by atoms with E-state index in [4.69, 9.17) is 11.0 Å². The first-order chi connectivity index (χ1) is 21.2. The number of aromatic nitrogens is 2. The van der Waals surface area contributed by atoms with Crippen molar-refractivity contribution in [1.29, 1.82) is 5.26 Å². The molecule has 0 aliphatic heterocycles. The summed E-state index contributed by atoms with van der Waals surface area (Å²) in [5.74, 6) is 0. The fourth-order valence-electron chi connectivity index (χ4n) is 6.73. The normalized spacial score (nSPS) is 11.7. The minimum atomic E-state index is 0.570. The van der Waals surface area contributed by atoms with Crippen LogP contribution in [0.25, 0.3) is 81.8 Å². The summed E-state index contributed by atoms with van der Waals surface area (Å²) in [6, 6.07) is 43.4. The highest BCUT2D eigenvalue weighted by molar-refractivity contribution is 6.15. The highest BCUT2D eigenvalue weighted by Gasteiger charge is 2.19. The predicted molar refractivity (Wildman–Crippen MR) is 173 cm³/mol. The minimum Gasteiger partial charge on any atom is -0.456 e. The number of nitrogens with zero attached hydrogens (tertiary/aromatic N) is 4. The molecule has 0 N–H and O–H groups in total. The van der Waals surface area contributed by atoms with Gasteiger partial charge in [0.1, 0.15) is 11.2 Å². The Balaban J connectivity index is 1.38. The van der Waals surface area contributed by atoms with Crippen LogP contribution in [0.1, 0.15) is 5.56 Å². The first-order valence-corrected chi connectivity index (χ1v) is 14.0. The Kier molecular flexibility index (Phi) is 4.68. The first-order valence-electron chi connectivity index (χ1n) is 14.0. The van der Waals surface area contributed by atoms with E-state index in [1.807, 2.05) is 48.5 Å². The second kappa shape index (κ2) is 8.60. The molecule has 43 heavy (non-hydrogen) atoms. The molecule has 0 bridgehead atoms. The van der Waals surface area contributed by atoms with E-state index in [-0.39, 0.29) is 0 Å². The van der Waals surface area contributed by atoms with Crippen LogP contribution in [0.5, 0.6) is 0 Å². The maximum Gasteiger partial charge on any atom is 0.188 e. The van der Waals surface area contributed by atoms with Crippen LogP contribution in [0.2, 0.25) is 0 Å². The second-order valence-corrected chi connectivity index (χ2v) is 10.8. The van der Waals surface area contributed by atoms with Crippen molar-refractivity contribution in [2.45, 2.75) is 0 Å². The van der Waals surface area contributed by atoms with Gasteiger partial charge in [0.2, 0.25) is 0 Å². The van der Waals surface area contributed by atoms with Crippen molar-refractivity contribution in [3.8, 4) is 17.4 Å². The van der Waals surface area contributed by atoms with Gasteiger partial charge in [-0.1, -0.05) is 48.5 Å². The van der Waals surface area contributed by atoms with Crippen molar-refractivity contribution in [3.05, 3.63) is 138 Å². The molecular weight excluding hydrogens is 528 g/mol. The third-order valence-corrected chi connectivity index (χ3v) is 8.54. The van der Waals surface area contributed by atoms with Crippen LogP contribution in [0.4, 0.5) is 5.69 Å². The zero-order valence-electron chi connectivity index (χ0n) is 22.7. The van der Waals surface area contributed by atoms with Crippen molar-refractivity contribution >= 4 is 71.2 Å². The molecule has 0 saturated carbocycles. The number of nitriles is 1. The average Bonchev–Trinajstić information content (AvgIpc) is 3.71. The number of fused-ring (bicyclic) bond motifs is 9. The third-order valence-electron chi connectivity index (χ3n) is 8.54. The van der Waals surface area contributed by atoms with Crippen molar-refractivity contribution in [1.82, 2.24) is 9.13 Å². The molecule has 3 heterocycles. The van der Waals surface area contributed by atoms with E-state index in [1.165, 1.54) is 10.8 Å². The molecule has 9 aromatic rings. The van der Waals surface area contributed by atoms with Gasteiger partial charge in [0.25, 0.3) is 0 Å². The van der Waals surface area contributed by atoms with Gasteiger partial charge < -0.3 is 13.6 Å². The molecule has 0 atom stereocenters. The molecule has 0 amide bonds. The van der Waals surface area contributed by atoms with Gasteiger partial charge in [-0.2, -0.15) is 5.26 Å². The summed E-state index contributed by atoms with van der Waals surface area (Å²) in [6.45, 7) is 7.56. The Hall–Kier alpha value is -6.30. The molecule has 0 unspecified atom stereocenters. The van der Waals surface area contributed by atoms with E-state index in [0.29, 0.717) is 11.3 Å². The second-order valence-electron chi connectivity index (χ2n) is 10.8. The van der Waals surface area contributed by atoms with Gasteiger partial charge in [-0.3, -0.25) is 0 Å². The van der Waals surface area contributed by atoms with Crippen molar-refractivity contribution in [2.75, 3.05) is 0 Å². The fraction of sp³-hybridized carbons (Fsp3) is 0. The molecule has 0 radical (unpaired) electrons. The number of furan rings is 1. The fourth-order valence-corrected chi connectivity index (χ4v) is 6.73. The number of hydrogen-bond acceptors (Lipinski definition) is 2. The van der Waals surface area contributed by atoms with Gasteiger partial charge >= 0.3 is 0 Å². The summed E-state index contributed by atoms with van der Waals surface area (Å²) >= 11 is 0. The lowest BCUT2D eigenvalue weighted by molar-refractivity contribution is 0.669. The van der Waals surface area contributed by atoms with Gasteiger partial charge in [0.15, 0.2) is 5.69 Å². The lowest BCUT2D eigenvalue weighted by Gasteiger charge is -2.11. The van der Waals surface area contributed by atoms with Crippen LogP contribution in [-0.4, -0.2) is 9.13 Å². The van der Waals surface area contributed by atoms with Crippen molar-refractivity contribution < 1.29 is 4.42 Å². The van der Waals surface area contributed by atoms with Gasteiger partial charge in [-0.05, 0) is 78.2 Å². The molecule has 3 aromatic heterocycles. The zero-order chi connectivity index (χ0) is 28.7. The molecule has 5 heteroatoms. The first kappa shape index (κ1) is 23.4. The highest BCUT2D eigenvalue weighted by Crippen LogP contribution is 2.40. The van der Waals surface area contributed by atoms with E-state index in [9.17, 15) is 5.26 Å². The Morgan fingerprint density at radius 3 is 2.02 bits per heavy atom. The lowest BCUT2D eigenvalue weighted by Crippen LogP contribution is -1.95. The van der Waals surface area contributed by atoms with Crippen LogP contribution in [0, 0.1) is 17.9 Å². The molecule has 0 aliphatic rings. The third kappa shape index (κ3) is 3.19. The number of benzene rings is 6. The Morgan fingerprint density at radius 1 is 0.581 bits per heavy atom. The van der Waals surface area contributed by atoms with Gasteiger partial charge in [-0.15, -0.1) is 0 Å². The van der Waals surface area contributed by atoms with Gasteiger partial charge in [0.05, 0.1) is 51.3 Å². The maximum absolute atomic E-state index is 9.61. The molecule has 5 nitrogen and oxygen atoms in total. The summed E-state index contributed by atoms with van der Waals surface area (Å²) in [4.78, 5) is 3.66. The summed E-state index contributed by atoms with van der Waals surface area (Å²) in [6.07, 6.45) is 0. The van der Waals surface area contributed by atoms with Gasteiger partial charge in [-0.25, -0.2) is 4.85 Å². The van der Waals surface area contributed by atoms with Crippen LogP contribution in [0.15, 0.2) is 126 Å². The highest BCUT2D eigenvalue weighted by atomic mass is 16.3. The zero-order valence-corrected chi connectivity index (χ0v) is 22.7. The molecule has 6 aromatic carbocycles. The maximum atomic E-state index is 9.61. The Bertz CT molecular complexity index is 2580. The molecule has 0 fully saturated rings. The quantitative estimate of drug-likeness (QED) is 0.202.